The lowest BCUT2D eigenvalue weighted by Crippen LogP contribution is -2.15. The van der Waals surface area contributed by atoms with E-state index in [9.17, 15) is 13.7 Å². The molecule has 40 heavy (non-hydrogen) atoms. The molecule has 5 aromatic rings. The number of ether oxygens (including phenoxy) is 3. The van der Waals surface area contributed by atoms with Gasteiger partial charge in [0.2, 0.25) is 21.1 Å². The number of fused-ring (bicyclic) bond motifs is 1. The normalized spacial score (nSPS) is 11.3. The Morgan fingerprint density at radius 3 is 2.35 bits per heavy atom. The number of anilines is 2. The highest BCUT2D eigenvalue weighted by atomic mass is 35.5. The van der Waals surface area contributed by atoms with Gasteiger partial charge in [-0.3, -0.25) is 0 Å². The molecule has 0 atom stereocenters. The van der Waals surface area contributed by atoms with E-state index in [2.05, 4.69) is 20.3 Å². The van der Waals surface area contributed by atoms with E-state index in [0.717, 1.165) is 3.97 Å². The van der Waals surface area contributed by atoms with Crippen LogP contribution in [0.4, 0.5) is 11.6 Å². The molecule has 0 aliphatic heterocycles. The molecule has 5 rings (SSSR count). The Morgan fingerprint density at radius 2 is 1.73 bits per heavy atom. The first-order valence-corrected chi connectivity index (χ1v) is 13.6. The number of imidazole rings is 1. The lowest BCUT2D eigenvalue weighted by Gasteiger charge is -2.14. The maximum Gasteiger partial charge on any atom is 0.244 e. The number of halogens is 1. The van der Waals surface area contributed by atoms with Gasteiger partial charge in [-0.1, -0.05) is 30.3 Å². The fourth-order valence-corrected chi connectivity index (χ4v) is 5.76. The number of nitrogens with zero attached hydrogens (tertiary/aromatic N) is 6. The summed E-state index contributed by atoms with van der Waals surface area (Å²) in [7, 11) is 0.603. The monoisotopic (exact) mass is 579 g/mol. The second-order valence-electron chi connectivity index (χ2n) is 8.41. The molecule has 0 bridgehead atoms. The minimum Gasteiger partial charge on any atom is -0.493 e. The summed E-state index contributed by atoms with van der Waals surface area (Å²) in [5.41, 5.74) is 1.27. The third-order valence-corrected chi connectivity index (χ3v) is 7.72. The van der Waals surface area contributed by atoms with Gasteiger partial charge < -0.3 is 24.1 Å². The van der Waals surface area contributed by atoms with Gasteiger partial charge in [-0.15, -0.1) is 0 Å². The topological polar surface area (TPSA) is 146 Å². The van der Waals surface area contributed by atoms with Crippen LogP contribution in [0, 0.1) is 11.3 Å². The van der Waals surface area contributed by atoms with E-state index in [-0.39, 0.29) is 33.5 Å². The molecule has 12 nitrogen and oxygen atoms in total. The van der Waals surface area contributed by atoms with Crippen molar-refractivity contribution in [2.75, 3.05) is 26.6 Å². The molecule has 1 N–H and O–H groups in total. The van der Waals surface area contributed by atoms with Crippen molar-refractivity contribution < 1.29 is 22.6 Å². The number of methoxy groups -OCH3 is 3. The molecule has 0 amide bonds. The number of nitrogens with one attached hydrogen (secondary N) is 1. The third kappa shape index (κ3) is 4.97. The van der Waals surface area contributed by atoms with Crippen molar-refractivity contribution in [3.05, 3.63) is 77.6 Å². The van der Waals surface area contributed by atoms with Crippen molar-refractivity contribution in [3.8, 4) is 29.0 Å². The summed E-state index contributed by atoms with van der Waals surface area (Å²) in [6, 6.07) is 14.2. The molecule has 0 unspecified atom stereocenters. The number of aromatic nitrogens is 5. The van der Waals surface area contributed by atoms with Gasteiger partial charge in [-0.2, -0.15) is 15.2 Å². The molecule has 0 radical (unpaired) electrons. The third-order valence-electron chi connectivity index (χ3n) is 5.98. The van der Waals surface area contributed by atoms with Crippen LogP contribution in [0.5, 0.6) is 17.2 Å². The second-order valence-corrected chi connectivity index (χ2v) is 10.6. The van der Waals surface area contributed by atoms with Gasteiger partial charge in [0.1, 0.15) is 24.0 Å². The average Bonchev–Trinajstić information content (AvgIpc) is 3.57. The Hall–Kier alpha value is -4.80. The van der Waals surface area contributed by atoms with Gasteiger partial charge in [0.05, 0.1) is 49.9 Å². The number of rotatable bonds is 9. The quantitative estimate of drug-likeness (QED) is 0.251. The molecule has 0 aliphatic rings. The van der Waals surface area contributed by atoms with Gasteiger partial charge in [0.25, 0.3) is 0 Å². The highest BCUT2D eigenvalue weighted by Crippen LogP contribution is 2.39. The average molecular weight is 580 g/mol. The zero-order valence-corrected chi connectivity index (χ0v) is 23.1. The summed E-state index contributed by atoms with van der Waals surface area (Å²) < 4.78 is 45.5. The van der Waals surface area contributed by atoms with Gasteiger partial charge >= 0.3 is 0 Å². The minimum absolute atomic E-state index is 0.0287. The maximum absolute atomic E-state index is 13.3. The molecular weight excluding hydrogens is 558 g/mol. The van der Waals surface area contributed by atoms with E-state index in [1.807, 2.05) is 6.07 Å². The number of benzene rings is 2. The van der Waals surface area contributed by atoms with Crippen molar-refractivity contribution >= 4 is 44.3 Å². The van der Waals surface area contributed by atoms with E-state index in [1.165, 1.54) is 27.5 Å². The van der Waals surface area contributed by atoms with Gasteiger partial charge in [0, 0.05) is 18.3 Å². The van der Waals surface area contributed by atoms with Crippen LogP contribution in [0.1, 0.15) is 11.1 Å². The van der Waals surface area contributed by atoms with Crippen LogP contribution in [-0.2, 0) is 15.8 Å². The van der Waals surface area contributed by atoms with Crippen molar-refractivity contribution in [1.82, 2.24) is 23.5 Å². The minimum atomic E-state index is -3.95. The molecule has 3 heterocycles. The Kier molecular flexibility index (Phi) is 7.20. The largest absolute Gasteiger partial charge is 0.493 e. The number of hydrogen-bond donors (Lipinski definition) is 1. The van der Waals surface area contributed by atoms with E-state index in [4.69, 9.17) is 25.8 Å². The molecule has 204 valence electrons. The van der Waals surface area contributed by atoms with Crippen molar-refractivity contribution in [2.45, 2.75) is 5.75 Å². The Morgan fingerprint density at radius 1 is 1.02 bits per heavy atom. The highest BCUT2D eigenvalue weighted by Gasteiger charge is 2.24. The summed E-state index contributed by atoms with van der Waals surface area (Å²) in [6.07, 6.45) is 4.43. The molecule has 0 saturated heterocycles. The summed E-state index contributed by atoms with van der Waals surface area (Å²) >= 11 is 6.20. The molecule has 3 aromatic heterocycles. The standard InChI is InChI=1S/C26H22ClN7O5S/c1-37-19-9-18(10-20(38-2)23(19)39-3)33-13-21(29-15-33)30-24-22-17(11-28)12-34(25(22)32-26(27)31-24)40(35,36)14-16-7-5-4-6-8-16/h4-10,12-13,15H,14H2,1-3H3,(H,30,31,32). The fraction of sp³-hybridized carbons (Fsp3) is 0.154. The summed E-state index contributed by atoms with van der Waals surface area (Å²) in [6.45, 7) is 0. The first kappa shape index (κ1) is 26.8. The summed E-state index contributed by atoms with van der Waals surface area (Å²) in [4.78, 5) is 12.7. The molecule has 0 fully saturated rings. The predicted molar refractivity (Wildman–Crippen MR) is 148 cm³/mol. The van der Waals surface area contributed by atoms with E-state index < -0.39 is 10.0 Å². The van der Waals surface area contributed by atoms with Crippen LogP contribution in [0.15, 0.2) is 61.2 Å². The van der Waals surface area contributed by atoms with Gasteiger partial charge in [0.15, 0.2) is 17.1 Å². The van der Waals surface area contributed by atoms with Gasteiger partial charge in [-0.05, 0) is 17.2 Å². The van der Waals surface area contributed by atoms with E-state index in [1.54, 1.807) is 59.6 Å². The fourth-order valence-electron chi connectivity index (χ4n) is 4.18. The molecule has 0 aliphatic carbocycles. The highest BCUT2D eigenvalue weighted by molar-refractivity contribution is 7.89. The van der Waals surface area contributed by atoms with E-state index in [0.29, 0.717) is 34.3 Å². The first-order chi connectivity index (χ1) is 19.3. The molecule has 2 aromatic carbocycles. The van der Waals surface area contributed by atoms with Crippen molar-refractivity contribution in [1.29, 1.82) is 5.26 Å². The van der Waals surface area contributed by atoms with Crippen LogP contribution in [-0.4, -0.2) is 53.2 Å². The van der Waals surface area contributed by atoms with Crippen molar-refractivity contribution in [2.24, 2.45) is 0 Å². The van der Waals surface area contributed by atoms with Crippen molar-refractivity contribution in [3.63, 3.8) is 0 Å². The number of nitriles is 1. The van der Waals surface area contributed by atoms with Crippen LogP contribution >= 0.6 is 11.6 Å². The molecular formula is C26H22ClN7O5S. The second kappa shape index (κ2) is 10.8. The summed E-state index contributed by atoms with van der Waals surface area (Å²) in [5.74, 6) is 1.53. The van der Waals surface area contributed by atoms with Crippen LogP contribution in [0.25, 0.3) is 16.7 Å². The Bertz CT molecular complexity index is 1840. The number of hydrogen-bond acceptors (Lipinski definition) is 10. The smallest absolute Gasteiger partial charge is 0.244 e. The first-order valence-electron chi connectivity index (χ1n) is 11.6. The lowest BCUT2D eigenvalue weighted by atomic mass is 10.2. The zero-order valence-electron chi connectivity index (χ0n) is 21.5. The Labute approximate surface area is 234 Å². The van der Waals surface area contributed by atoms with Crippen LogP contribution in [0.3, 0.4) is 0 Å². The van der Waals surface area contributed by atoms with Crippen LogP contribution in [0.2, 0.25) is 5.28 Å². The molecule has 0 saturated carbocycles. The van der Waals surface area contributed by atoms with E-state index >= 15 is 0 Å². The van der Waals surface area contributed by atoms with Gasteiger partial charge in [-0.25, -0.2) is 17.4 Å². The lowest BCUT2D eigenvalue weighted by molar-refractivity contribution is 0.324. The zero-order chi connectivity index (χ0) is 28.4. The summed E-state index contributed by atoms with van der Waals surface area (Å²) in [5, 5.41) is 12.8. The maximum atomic E-state index is 13.3. The predicted octanol–water partition coefficient (Wildman–Crippen LogP) is 4.29. The molecule has 14 heteroatoms. The molecule has 0 spiro atoms. The SMILES string of the molecule is COc1cc(-n2cnc(Nc3nc(Cl)nc4c3c(C#N)cn4S(=O)(=O)Cc3ccccc3)c2)cc(OC)c1OC. The Balaban J connectivity index is 1.54. The van der Waals surface area contributed by atoms with Crippen LogP contribution < -0.4 is 19.5 Å².